The highest BCUT2D eigenvalue weighted by Gasteiger charge is 2.42. The van der Waals surface area contributed by atoms with Crippen molar-refractivity contribution in [2.24, 2.45) is 0 Å². The lowest BCUT2D eigenvalue weighted by Gasteiger charge is -2.46. The molecule has 1 aromatic carbocycles. The fraction of sp³-hybridized carbons (Fsp3) is 0.478. The van der Waals surface area contributed by atoms with Gasteiger partial charge in [-0.1, -0.05) is 6.42 Å². The third kappa shape index (κ3) is 4.54. The Morgan fingerprint density at radius 1 is 1.23 bits per heavy atom. The Hall–Kier alpha value is -3.28. The summed E-state index contributed by atoms with van der Waals surface area (Å²) < 4.78 is 53.6. The Morgan fingerprint density at radius 2 is 2.03 bits per heavy atom. The largest absolute Gasteiger partial charge is 0.507 e. The van der Waals surface area contributed by atoms with E-state index in [0.29, 0.717) is 16.8 Å². The number of hydrogen-bond acceptors (Lipinski definition) is 7. The molecule has 2 N–H and O–H groups in total. The number of nitrogens with zero attached hydrogens (tertiary/aromatic N) is 5. The maximum atomic E-state index is 15.1. The molecule has 0 saturated carbocycles. The van der Waals surface area contributed by atoms with Gasteiger partial charge in [-0.2, -0.15) is 13.2 Å². The van der Waals surface area contributed by atoms with Crippen molar-refractivity contribution in [2.75, 3.05) is 11.9 Å². The van der Waals surface area contributed by atoms with E-state index in [9.17, 15) is 23.1 Å². The van der Waals surface area contributed by atoms with Crippen LogP contribution in [0, 0.1) is 0 Å². The number of hydrogen-bond donors (Lipinski definition) is 2. The minimum atomic E-state index is -4.58. The van der Waals surface area contributed by atoms with Crippen LogP contribution >= 0.6 is 0 Å². The molecule has 35 heavy (non-hydrogen) atoms. The van der Waals surface area contributed by atoms with Crippen LogP contribution in [0.25, 0.3) is 22.2 Å². The number of aromatic nitrogens is 4. The molecule has 5 rings (SSSR count). The van der Waals surface area contributed by atoms with Crippen LogP contribution < -0.4 is 15.8 Å². The number of piperidine rings is 2. The van der Waals surface area contributed by atoms with Crippen molar-refractivity contribution in [3.8, 4) is 17.0 Å². The molecule has 3 aromatic rings. The first-order valence-corrected chi connectivity index (χ1v) is 11.4. The van der Waals surface area contributed by atoms with Crippen molar-refractivity contribution in [3.05, 3.63) is 40.9 Å². The molecule has 0 amide bonds. The summed E-state index contributed by atoms with van der Waals surface area (Å²) >= 11 is 0. The average molecular weight is 492 g/mol. The van der Waals surface area contributed by atoms with Gasteiger partial charge in [0.25, 0.3) is 5.56 Å². The van der Waals surface area contributed by atoms with E-state index in [1.54, 1.807) is 24.1 Å². The van der Waals surface area contributed by atoms with Gasteiger partial charge in [0.2, 0.25) is 0 Å². The van der Waals surface area contributed by atoms with Crippen LogP contribution in [0.2, 0.25) is 0 Å². The summed E-state index contributed by atoms with van der Waals surface area (Å²) in [5.74, 6) is 0.140. The lowest BCUT2D eigenvalue weighted by Crippen LogP contribution is -2.61. The monoisotopic (exact) mass is 492 g/mol. The van der Waals surface area contributed by atoms with Gasteiger partial charge in [-0.05, 0) is 43.5 Å². The molecule has 2 saturated heterocycles. The second-order valence-corrected chi connectivity index (χ2v) is 9.22. The number of rotatable bonds is 4. The van der Waals surface area contributed by atoms with E-state index in [2.05, 4.69) is 20.5 Å². The van der Waals surface area contributed by atoms with Crippen LogP contribution in [0.15, 0.2) is 35.4 Å². The number of fused-ring (bicyclic) bond motifs is 3. The number of phenolic OH excluding ortho intramolecular Hbond substituents is 1. The molecule has 2 aromatic heterocycles. The number of aromatic hydroxyl groups is 1. The summed E-state index contributed by atoms with van der Waals surface area (Å²) in [6.07, 6.45) is -1.27. The fourth-order valence-corrected chi connectivity index (χ4v) is 5.08. The predicted octanol–water partition coefficient (Wildman–Crippen LogP) is 3.18. The normalized spacial score (nSPS) is 24.5. The van der Waals surface area contributed by atoms with E-state index >= 15 is 4.39 Å². The van der Waals surface area contributed by atoms with Crippen molar-refractivity contribution in [1.29, 1.82) is 0 Å². The van der Waals surface area contributed by atoms with Gasteiger partial charge in [0.15, 0.2) is 5.82 Å². The van der Waals surface area contributed by atoms with Crippen LogP contribution in [0.1, 0.15) is 25.7 Å². The fourth-order valence-electron chi connectivity index (χ4n) is 5.08. The lowest BCUT2D eigenvalue weighted by molar-refractivity contribution is -0.141. The van der Waals surface area contributed by atoms with Gasteiger partial charge in [-0.25, -0.2) is 9.37 Å². The zero-order valence-electron chi connectivity index (χ0n) is 18.8. The van der Waals surface area contributed by atoms with Gasteiger partial charge in [-0.15, -0.1) is 10.2 Å². The first kappa shape index (κ1) is 23.5. The molecule has 0 unspecified atom stereocenters. The molecule has 2 fully saturated rings. The highest BCUT2D eigenvalue weighted by Crippen LogP contribution is 2.34. The van der Waals surface area contributed by atoms with Crippen molar-refractivity contribution in [2.45, 2.75) is 62.7 Å². The van der Waals surface area contributed by atoms with Crippen molar-refractivity contribution in [3.63, 3.8) is 0 Å². The number of anilines is 1. The first-order chi connectivity index (χ1) is 16.6. The van der Waals surface area contributed by atoms with Crippen LogP contribution in [-0.4, -0.2) is 62.4 Å². The molecule has 0 spiro atoms. The zero-order chi connectivity index (χ0) is 24.9. The Bertz CT molecular complexity index is 1300. The van der Waals surface area contributed by atoms with Gasteiger partial charge in [0, 0.05) is 24.7 Å². The van der Waals surface area contributed by atoms with Gasteiger partial charge in [0.05, 0.1) is 29.0 Å². The van der Waals surface area contributed by atoms with Crippen molar-refractivity contribution >= 4 is 16.7 Å². The van der Waals surface area contributed by atoms with Gasteiger partial charge in [0.1, 0.15) is 18.5 Å². The van der Waals surface area contributed by atoms with Crippen LogP contribution in [0.4, 0.5) is 23.4 Å². The highest BCUT2D eigenvalue weighted by molar-refractivity contribution is 5.86. The third-order valence-corrected chi connectivity index (χ3v) is 6.87. The summed E-state index contributed by atoms with van der Waals surface area (Å²) in [6, 6.07) is 5.53. The molecule has 2 bridgehead atoms. The molecule has 4 heterocycles. The number of benzene rings is 1. The molecule has 2 aliphatic heterocycles. The minimum absolute atomic E-state index is 0.116. The second-order valence-electron chi connectivity index (χ2n) is 9.22. The Balaban J connectivity index is 1.41. The van der Waals surface area contributed by atoms with E-state index in [1.165, 1.54) is 6.07 Å². The van der Waals surface area contributed by atoms with E-state index < -0.39 is 24.5 Å². The molecular weight excluding hydrogens is 468 g/mol. The summed E-state index contributed by atoms with van der Waals surface area (Å²) in [6.45, 7) is -1.48. The molecule has 2 aliphatic rings. The Morgan fingerprint density at radius 3 is 2.74 bits per heavy atom. The maximum absolute atomic E-state index is 15.1. The van der Waals surface area contributed by atoms with Crippen LogP contribution in [0.5, 0.6) is 5.75 Å². The van der Waals surface area contributed by atoms with Crippen LogP contribution in [0.3, 0.4) is 0 Å². The molecule has 4 atom stereocenters. The van der Waals surface area contributed by atoms with E-state index in [-0.39, 0.29) is 46.0 Å². The summed E-state index contributed by atoms with van der Waals surface area (Å²) in [5, 5.41) is 22.1. The topological polar surface area (TPSA) is 96.2 Å². The minimum Gasteiger partial charge on any atom is -0.507 e. The zero-order valence-corrected chi connectivity index (χ0v) is 18.8. The molecule has 186 valence electrons. The predicted molar refractivity (Wildman–Crippen MR) is 121 cm³/mol. The van der Waals surface area contributed by atoms with E-state index in [4.69, 9.17) is 0 Å². The number of phenols is 1. The maximum Gasteiger partial charge on any atom is 0.406 e. The average Bonchev–Trinajstić information content (AvgIpc) is 2.82. The SMILES string of the molecule is CN(c1ccc(-c2cc3ncn(CC(F)(F)F)c(=O)c3cc2O)nn1)[C@@H]1C[C@H]2CCC[C@H](N2)[C@@H]1F. The quantitative estimate of drug-likeness (QED) is 0.540. The lowest BCUT2D eigenvalue weighted by atomic mass is 9.82. The standard InChI is InChI=1S/C23H24F4N6O2/c1-32(18-7-12-3-2-4-16(29-12)21(18)24)20-6-5-15(30-31-20)13-8-17-14(9-19(13)34)22(35)33(11-28-17)10-23(25,26)27/h5-6,8-9,11-12,16,18,21,29,34H,2-4,7,10H2,1H3/t12-,16+,18-,21+/m1/s1. The van der Waals surface area contributed by atoms with E-state index in [1.807, 2.05) is 0 Å². The first-order valence-electron chi connectivity index (χ1n) is 11.4. The van der Waals surface area contributed by atoms with Crippen LogP contribution in [-0.2, 0) is 6.54 Å². The number of halogens is 4. The molecule has 12 heteroatoms. The smallest absolute Gasteiger partial charge is 0.406 e. The van der Waals surface area contributed by atoms with Crippen molar-refractivity contribution < 1.29 is 22.7 Å². The van der Waals surface area contributed by atoms with E-state index in [0.717, 1.165) is 31.7 Å². The molecule has 0 aliphatic carbocycles. The van der Waals surface area contributed by atoms with Gasteiger partial charge in [-0.3, -0.25) is 9.36 Å². The number of alkyl halides is 4. The molecular formula is C23H24F4N6O2. The second kappa shape index (κ2) is 8.74. The summed E-state index contributed by atoms with van der Waals surface area (Å²) in [7, 11) is 1.78. The molecule has 0 radical (unpaired) electrons. The van der Waals surface area contributed by atoms with Gasteiger partial charge < -0.3 is 15.3 Å². The third-order valence-electron chi connectivity index (χ3n) is 6.87. The van der Waals surface area contributed by atoms with Crippen molar-refractivity contribution in [1.82, 2.24) is 25.1 Å². The highest BCUT2D eigenvalue weighted by atomic mass is 19.4. The Labute approximate surface area is 197 Å². The number of nitrogens with one attached hydrogen (secondary N) is 1. The summed E-state index contributed by atoms with van der Waals surface area (Å²) in [5.41, 5.74) is -0.295. The van der Waals surface area contributed by atoms with Gasteiger partial charge >= 0.3 is 6.18 Å². The Kier molecular flexibility index (Phi) is 5.86. The summed E-state index contributed by atoms with van der Waals surface area (Å²) in [4.78, 5) is 18.2. The molecule has 8 nitrogen and oxygen atoms in total.